The molecule has 9 nitrogen and oxygen atoms in total. The number of anilines is 2. The molecule has 0 aromatic carbocycles. The van der Waals surface area contributed by atoms with Gasteiger partial charge in [0.25, 0.3) is 0 Å². The molecule has 1 aliphatic carbocycles. The number of ether oxygens (including phenoxy) is 1. The summed E-state index contributed by atoms with van der Waals surface area (Å²) in [6.07, 6.45) is 6.78. The van der Waals surface area contributed by atoms with Gasteiger partial charge in [0.05, 0.1) is 40.6 Å². The SMILES string of the molecule is CC(C)Oc1cncc(-c2ccc(NC(=O)C(C)(C)c3csc(NS(=O)C4CC4)n3)nc2)n1. The molecule has 2 N–H and O–H groups in total. The van der Waals surface area contributed by atoms with Crippen LogP contribution in [0, 0.1) is 0 Å². The van der Waals surface area contributed by atoms with Crippen LogP contribution in [0.2, 0.25) is 0 Å². The van der Waals surface area contributed by atoms with E-state index in [0.29, 0.717) is 28.2 Å². The average Bonchev–Trinajstić information content (AvgIpc) is 3.53. The van der Waals surface area contributed by atoms with Crippen molar-refractivity contribution in [2.75, 3.05) is 10.0 Å². The Balaban J connectivity index is 1.41. The molecule has 11 heteroatoms. The van der Waals surface area contributed by atoms with Crippen molar-refractivity contribution < 1.29 is 13.7 Å². The molecule has 1 aliphatic rings. The fraction of sp³-hybridized carbons (Fsp3) is 0.409. The molecule has 3 heterocycles. The van der Waals surface area contributed by atoms with Crippen molar-refractivity contribution in [3.05, 3.63) is 41.8 Å². The molecule has 0 aliphatic heterocycles. The summed E-state index contributed by atoms with van der Waals surface area (Å²) in [4.78, 5) is 30.4. The number of carbonyl (C=O) groups excluding carboxylic acids is 1. The molecule has 3 aromatic heterocycles. The van der Waals surface area contributed by atoms with Crippen molar-refractivity contribution in [3.63, 3.8) is 0 Å². The molecular formula is C22H26N6O3S2. The zero-order chi connectivity index (χ0) is 23.6. The Morgan fingerprint density at radius 3 is 2.67 bits per heavy atom. The van der Waals surface area contributed by atoms with Gasteiger partial charge in [0.1, 0.15) is 16.8 Å². The lowest BCUT2D eigenvalue weighted by molar-refractivity contribution is -0.120. The van der Waals surface area contributed by atoms with E-state index in [1.807, 2.05) is 25.3 Å². The van der Waals surface area contributed by atoms with Crippen LogP contribution in [0.4, 0.5) is 10.9 Å². The Morgan fingerprint density at radius 2 is 2.00 bits per heavy atom. The van der Waals surface area contributed by atoms with Crippen molar-refractivity contribution in [1.82, 2.24) is 19.9 Å². The largest absolute Gasteiger partial charge is 0.474 e. The first kappa shape index (κ1) is 23.2. The van der Waals surface area contributed by atoms with Crippen molar-refractivity contribution in [3.8, 4) is 17.1 Å². The number of hydrogen-bond donors (Lipinski definition) is 2. The van der Waals surface area contributed by atoms with E-state index in [4.69, 9.17) is 4.74 Å². The fourth-order valence-corrected chi connectivity index (χ4v) is 4.96. The van der Waals surface area contributed by atoms with E-state index in [1.165, 1.54) is 11.3 Å². The fourth-order valence-electron chi connectivity index (χ4n) is 2.85. The summed E-state index contributed by atoms with van der Waals surface area (Å²) < 4.78 is 20.6. The van der Waals surface area contributed by atoms with Gasteiger partial charge >= 0.3 is 0 Å². The van der Waals surface area contributed by atoms with Crippen LogP contribution in [0.5, 0.6) is 5.88 Å². The van der Waals surface area contributed by atoms with Crippen LogP contribution in [0.3, 0.4) is 0 Å². The molecule has 1 fully saturated rings. The van der Waals surface area contributed by atoms with E-state index < -0.39 is 16.4 Å². The summed E-state index contributed by atoms with van der Waals surface area (Å²) in [6.45, 7) is 7.44. The average molecular weight is 487 g/mol. The Bertz CT molecular complexity index is 1160. The molecule has 174 valence electrons. The maximum absolute atomic E-state index is 13.0. The van der Waals surface area contributed by atoms with E-state index in [0.717, 1.165) is 18.4 Å². The zero-order valence-electron chi connectivity index (χ0n) is 18.9. The van der Waals surface area contributed by atoms with Crippen LogP contribution >= 0.6 is 11.3 Å². The Kier molecular flexibility index (Phi) is 6.71. The summed E-state index contributed by atoms with van der Waals surface area (Å²) in [5, 5.41) is 5.43. The number of aromatic nitrogens is 4. The molecule has 33 heavy (non-hydrogen) atoms. The van der Waals surface area contributed by atoms with Crippen molar-refractivity contribution >= 4 is 39.2 Å². The van der Waals surface area contributed by atoms with Crippen molar-refractivity contribution in [1.29, 1.82) is 0 Å². The number of amides is 1. The topological polar surface area (TPSA) is 119 Å². The lowest BCUT2D eigenvalue weighted by Gasteiger charge is -2.21. The Morgan fingerprint density at radius 1 is 1.21 bits per heavy atom. The number of pyridine rings is 1. The smallest absolute Gasteiger partial charge is 0.237 e. The van der Waals surface area contributed by atoms with Crippen LogP contribution in [0.15, 0.2) is 36.1 Å². The third kappa shape index (κ3) is 5.72. The minimum Gasteiger partial charge on any atom is -0.474 e. The molecular weight excluding hydrogens is 460 g/mol. The summed E-state index contributed by atoms with van der Waals surface area (Å²) in [7, 11) is -1.12. The van der Waals surface area contributed by atoms with Gasteiger partial charge < -0.3 is 10.1 Å². The van der Waals surface area contributed by atoms with Gasteiger partial charge in [-0.25, -0.2) is 19.2 Å². The van der Waals surface area contributed by atoms with E-state index in [1.54, 1.807) is 38.5 Å². The maximum atomic E-state index is 13.0. The predicted octanol–water partition coefficient (Wildman–Crippen LogP) is 3.94. The van der Waals surface area contributed by atoms with Crippen LogP contribution in [-0.2, 0) is 21.2 Å². The van der Waals surface area contributed by atoms with E-state index in [-0.39, 0.29) is 17.3 Å². The van der Waals surface area contributed by atoms with Gasteiger partial charge in [-0.15, -0.1) is 11.3 Å². The molecule has 0 saturated heterocycles. The molecule has 1 unspecified atom stereocenters. The number of hydrogen-bond acceptors (Lipinski definition) is 8. The van der Waals surface area contributed by atoms with Gasteiger partial charge in [-0.2, -0.15) is 0 Å². The molecule has 0 spiro atoms. The van der Waals surface area contributed by atoms with Gasteiger partial charge in [0, 0.05) is 17.1 Å². The van der Waals surface area contributed by atoms with E-state index >= 15 is 0 Å². The molecule has 4 rings (SSSR count). The zero-order valence-corrected chi connectivity index (χ0v) is 20.5. The Labute approximate surface area is 199 Å². The quantitative estimate of drug-likeness (QED) is 0.470. The first-order chi connectivity index (χ1) is 15.7. The minimum absolute atomic E-state index is 0.00135. The first-order valence-electron chi connectivity index (χ1n) is 10.6. The summed E-state index contributed by atoms with van der Waals surface area (Å²) in [5.41, 5.74) is 1.10. The normalized spacial score (nSPS) is 14.7. The van der Waals surface area contributed by atoms with Gasteiger partial charge in [0.2, 0.25) is 11.8 Å². The maximum Gasteiger partial charge on any atom is 0.237 e. The van der Waals surface area contributed by atoms with Crippen LogP contribution in [0.25, 0.3) is 11.3 Å². The first-order valence-corrected chi connectivity index (χ1v) is 12.7. The second-order valence-corrected chi connectivity index (χ2v) is 10.9. The van der Waals surface area contributed by atoms with E-state index in [9.17, 15) is 9.00 Å². The number of carbonyl (C=O) groups is 1. The predicted molar refractivity (Wildman–Crippen MR) is 130 cm³/mol. The second kappa shape index (κ2) is 9.52. The minimum atomic E-state index is -1.12. The highest BCUT2D eigenvalue weighted by molar-refractivity contribution is 7.87. The number of nitrogens with one attached hydrogen (secondary N) is 2. The molecule has 1 saturated carbocycles. The molecule has 0 bridgehead atoms. The van der Waals surface area contributed by atoms with Crippen LogP contribution < -0.4 is 14.8 Å². The highest BCUT2D eigenvalue weighted by Crippen LogP contribution is 2.31. The molecule has 1 amide bonds. The molecule has 1 atom stereocenters. The van der Waals surface area contributed by atoms with Crippen molar-refractivity contribution in [2.45, 2.75) is 57.3 Å². The van der Waals surface area contributed by atoms with Gasteiger partial charge in [-0.05, 0) is 52.7 Å². The summed E-state index contributed by atoms with van der Waals surface area (Å²) in [6, 6.07) is 3.53. The second-order valence-electron chi connectivity index (χ2n) is 8.56. The monoisotopic (exact) mass is 486 g/mol. The standard InChI is InChI=1S/C22H26N6O3S2/c1-13(2)31-19-11-23-10-16(25-19)14-5-8-18(24-9-14)27-20(29)22(3,4)17-12-32-21(26-17)28-33(30)15-6-7-15/h5,8-13,15H,6-7H2,1-4H3,(H,26,28)(H,24,27,29). The lowest BCUT2D eigenvalue weighted by atomic mass is 9.89. The van der Waals surface area contributed by atoms with E-state index in [2.05, 4.69) is 30.0 Å². The van der Waals surface area contributed by atoms with Gasteiger partial charge in [-0.3, -0.25) is 14.5 Å². The number of rotatable bonds is 9. The number of nitrogens with zero attached hydrogens (tertiary/aromatic N) is 4. The highest BCUT2D eigenvalue weighted by atomic mass is 32.2. The van der Waals surface area contributed by atoms with Gasteiger partial charge in [-0.1, -0.05) is 0 Å². The van der Waals surface area contributed by atoms with Gasteiger partial charge in [0.15, 0.2) is 5.13 Å². The van der Waals surface area contributed by atoms with Crippen molar-refractivity contribution in [2.24, 2.45) is 0 Å². The Hall–Kier alpha value is -2.92. The summed E-state index contributed by atoms with van der Waals surface area (Å²) in [5.74, 6) is 0.623. The summed E-state index contributed by atoms with van der Waals surface area (Å²) >= 11 is 1.34. The third-order valence-electron chi connectivity index (χ3n) is 5.00. The lowest BCUT2D eigenvalue weighted by Crippen LogP contribution is -2.35. The van der Waals surface area contributed by atoms with Crippen LogP contribution in [-0.4, -0.2) is 41.4 Å². The van der Waals surface area contributed by atoms with Crippen LogP contribution in [0.1, 0.15) is 46.2 Å². The number of thiazole rings is 1. The third-order valence-corrected chi connectivity index (χ3v) is 7.36. The molecule has 3 aromatic rings. The highest BCUT2D eigenvalue weighted by Gasteiger charge is 2.34. The molecule has 0 radical (unpaired) electrons.